The average molecular weight is 204 g/mol. The van der Waals surface area contributed by atoms with E-state index in [-0.39, 0.29) is 0 Å². The minimum Gasteiger partial charge on any atom is -0.481 e. The highest BCUT2D eigenvalue weighted by atomic mass is 16.4. The van der Waals surface area contributed by atoms with Crippen molar-refractivity contribution in [3.05, 3.63) is 35.4 Å². The highest BCUT2D eigenvalue weighted by Crippen LogP contribution is 2.47. The average Bonchev–Trinajstić information content (AvgIpc) is 2.13. The molecule has 1 aromatic carbocycles. The van der Waals surface area contributed by atoms with E-state index in [1.54, 1.807) is 0 Å². The summed E-state index contributed by atoms with van der Waals surface area (Å²) < 4.78 is 0. The predicted molar refractivity (Wildman–Crippen MR) is 58.9 cm³/mol. The molecule has 1 aliphatic carbocycles. The van der Waals surface area contributed by atoms with E-state index in [0.717, 1.165) is 18.4 Å². The molecule has 15 heavy (non-hydrogen) atoms. The van der Waals surface area contributed by atoms with Crippen molar-refractivity contribution in [3.8, 4) is 0 Å². The highest BCUT2D eigenvalue weighted by molar-refractivity contribution is 5.82. The molecule has 2 nitrogen and oxygen atoms in total. The van der Waals surface area contributed by atoms with Gasteiger partial charge in [-0.15, -0.1) is 0 Å². The Labute approximate surface area is 89.9 Å². The molecule has 0 aliphatic heterocycles. The van der Waals surface area contributed by atoms with Crippen LogP contribution in [0.25, 0.3) is 0 Å². The fourth-order valence-electron chi connectivity index (χ4n) is 2.54. The second-order valence-electron chi connectivity index (χ2n) is 4.77. The molecule has 2 rings (SSSR count). The van der Waals surface area contributed by atoms with E-state index in [9.17, 15) is 9.90 Å². The Morgan fingerprint density at radius 1 is 1.33 bits per heavy atom. The maximum absolute atomic E-state index is 11.3. The third kappa shape index (κ3) is 1.54. The molecule has 80 valence electrons. The Hall–Kier alpha value is -1.31. The summed E-state index contributed by atoms with van der Waals surface area (Å²) >= 11 is 0. The minimum absolute atomic E-state index is 0.530. The normalized spacial score (nSPS) is 29.6. The molecule has 1 aliphatic rings. The molecule has 0 atom stereocenters. The van der Waals surface area contributed by atoms with Gasteiger partial charge in [-0.3, -0.25) is 4.79 Å². The van der Waals surface area contributed by atoms with Crippen LogP contribution in [0.1, 0.15) is 30.9 Å². The number of hydrogen-bond donors (Lipinski definition) is 1. The number of hydrogen-bond acceptors (Lipinski definition) is 1. The Bertz CT molecular complexity index is 372. The summed E-state index contributed by atoms with van der Waals surface area (Å²) in [6, 6.07) is 7.89. The largest absolute Gasteiger partial charge is 0.481 e. The van der Waals surface area contributed by atoms with Crippen LogP contribution in [0.4, 0.5) is 0 Å². The molecule has 2 heteroatoms. The molecule has 1 fully saturated rings. The van der Waals surface area contributed by atoms with Crippen molar-refractivity contribution in [2.24, 2.45) is 5.92 Å². The molecule has 0 spiro atoms. The van der Waals surface area contributed by atoms with E-state index in [0.29, 0.717) is 5.92 Å². The van der Waals surface area contributed by atoms with Crippen LogP contribution in [0, 0.1) is 12.8 Å². The van der Waals surface area contributed by atoms with Gasteiger partial charge in [0.1, 0.15) is 0 Å². The zero-order chi connectivity index (χ0) is 11.1. The molecule has 0 bridgehead atoms. The maximum Gasteiger partial charge on any atom is 0.314 e. The first-order valence-corrected chi connectivity index (χ1v) is 5.35. The Morgan fingerprint density at radius 3 is 2.27 bits per heavy atom. The lowest BCUT2D eigenvalue weighted by Gasteiger charge is -2.43. The first kappa shape index (κ1) is 10.2. The first-order valence-electron chi connectivity index (χ1n) is 5.35. The number of rotatable bonds is 2. The predicted octanol–water partition coefficient (Wildman–Crippen LogP) is 2.75. The number of carboxylic acid groups (broad SMARTS) is 1. The third-order valence-corrected chi connectivity index (χ3v) is 3.41. The molecule has 0 unspecified atom stereocenters. The Kier molecular flexibility index (Phi) is 2.29. The summed E-state index contributed by atoms with van der Waals surface area (Å²) in [6.45, 7) is 4.12. The van der Waals surface area contributed by atoms with Gasteiger partial charge in [-0.1, -0.05) is 36.8 Å². The SMILES string of the molecule is Cc1ccc(C2(C(=O)O)CC(C)C2)cc1. The van der Waals surface area contributed by atoms with Gasteiger partial charge in [-0.25, -0.2) is 0 Å². The zero-order valence-corrected chi connectivity index (χ0v) is 9.16. The molecule has 0 radical (unpaired) electrons. The van der Waals surface area contributed by atoms with E-state index >= 15 is 0 Å². The molecular weight excluding hydrogens is 188 g/mol. The maximum atomic E-state index is 11.3. The van der Waals surface area contributed by atoms with Crippen LogP contribution in [0.5, 0.6) is 0 Å². The van der Waals surface area contributed by atoms with Crippen LogP contribution in [0.3, 0.4) is 0 Å². The topological polar surface area (TPSA) is 37.3 Å². The van der Waals surface area contributed by atoms with Crippen LogP contribution in [-0.4, -0.2) is 11.1 Å². The van der Waals surface area contributed by atoms with E-state index in [1.165, 1.54) is 5.56 Å². The number of carboxylic acids is 1. The van der Waals surface area contributed by atoms with Crippen LogP contribution >= 0.6 is 0 Å². The Morgan fingerprint density at radius 2 is 1.87 bits per heavy atom. The van der Waals surface area contributed by atoms with Gasteiger partial charge in [-0.2, -0.15) is 0 Å². The van der Waals surface area contributed by atoms with Crippen molar-refractivity contribution in [1.82, 2.24) is 0 Å². The van der Waals surface area contributed by atoms with E-state index in [4.69, 9.17) is 0 Å². The monoisotopic (exact) mass is 204 g/mol. The summed E-state index contributed by atoms with van der Waals surface area (Å²) in [6.07, 6.45) is 1.54. The van der Waals surface area contributed by atoms with Gasteiger partial charge < -0.3 is 5.11 Å². The fourth-order valence-corrected chi connectivity index (χ4v) is 2.54. The molecule has 0 aromatic heterocycles. The van der Waals surface area contributed by atoms with Crippen molar-refractivity contribution in [2.75, 3.05) is 0 Å². The van der Waals surface area contributed by atoms with Crippen molar-refractivity contribution < 1.29 is 9.90 Å². The first-order chi connectivity index (χ1) is 7.04. The third-order valence-electron chi connectivity index (χ3n) is 3.41. The summed E-state index contributed by atoms with van der Waals surface area (Å²) in [5.41, 5.74) is 1.53. The molecule has 0 heterocycles. The van der Waals surface area contributed by atoms with Crippen LogP contribution in [-0.2, 0) is 10.2 Å². The zero-order valence-electron chi connectivity index (χ0n) is 9.16. The quantitative estimate of drug-likeness (QED) is 0.804. The van der Waals surface area contributed by atoms with E-state index in [1.807, 2.05) is 31.2 Å². The summed E-state index contributed by atoms with van der Waals surface area (Å²) in [5, 5.41) is 9.32. The molecule has 0 amide bonds. The van der Waals surface area contributed by atoms with Gasteiger partial charge in [0.25, 0.3) is 0 Å². The summed E-state index contributed by atoms with van der Waals surface area (Å²) in [5.74, 6) is -0.146. The highest BCUT2D eigenvalue weighted by Gasteiger charge is 2.49. The smallest absolute Gasteiger partial charge is 0.314 e. The number of aryl methyl sites for hydroxylation is 1. The minimum atomic E-state index is -0.676. The Balaban J connectivity index is 2.34. The molecule has 0 saturated heterocycles. The summed E-state index contributed by atoms with van der Waals surface area (Å²) in [4.78, 5) is 11.3. The lowest BCUT2D eigenvalue weighted by molar-refractivity contribution is -0.149. The van der Waals surface area contributed by atoms with E-state index < -0.39 is 11.4 Å². The lowest BCUT2D eigenvalue weighted by atomic mass is 9.59. The molecule has 1 N–H and O–H groups in total. The van der Waals surface area contributed by atoms with Gasteiger partial charge in [0.05, 0.1) is 5.41 Å². The number of carbonyl (C=O) groups is 1. The lowest BCUT2D eigenvalue weighted by Crippen LogP contribution is -2.46. The van der Waals surface area contributed by atoms with Crippen LogP contribution < -0.4 is 0 Å². The van der Waals surface area contributed by atoms with E-state index in [2.05, 4.69) is 6.92 Å². The van der Waals surface area contributed by atoms with Crippen LogP contribution in [0.15, 0.2) is 24.3 Å². The standard InChI is InChI=1S/C13H16O2/c1-9-3-5-11(6-4-9)13(12(14)15)7-10(2)8-13/h3-6,10H,7-8H2,1-2H3,(H,14,15). The van der Waals surface area contributed by atoms with Gasteiger partial charge in [0.15, 0.2) is 0 Å². The fraction of sp³-hybridized carbons (Fsp3) is 0.462. The van der Waals surface area contributed by atoms with Gasteiger partial charge >= 0.3 is 5.97 Å². The van der Waals surface area contributed by atoms with Crippen molar-refractivity contribution in [1.29, 1.82) is 0 Å². The van der Waals surface area contributed by atoms with Crippen LogP contribution in [0.2, 0.25) is 0 Å². The van der Waals surface area contributed by atoms with Gasteiger partial charge in [0.2, 0.25) is 0 Å². The van der Waals surface area contributed by atoms with Crippen molar-refractivity contribution in [3.63, 3.8) is 0 Å². The van der Waals surface area contributed by atoms with Crippen molar-refractivity contribution >= 4 is 5.97 Å². The second-order valence-corrected chi connectivity index (χ2v) is 4.77. The molecule has 1 aromatic rings. The molecular formula is C13H16O2. The number of benzene rings is 1. The van der Waals surface area contributed by atoms with Gasteiger partial charge in [-0.05, 0) is 31.2 Å². The molecule has 1 saturated carbocycles. The summed E-state index contributed by atoms with van der Waals surface area (Å²) in [7, 11) is 0. The second kappa shape index (κ2) is 3.37. The van der Waals surface area contributed by atoms with Crippen molar-refractivity contribution in [2.45, 2.75) is 32.1 Å². The number of aliphatic carboxylic acids is 1. The van der Waals surface area contributed by atoms with Gasteiger partial charge in [0, 0.05) is 0 Å².